The van der Waals surface area contributed by atoms with Crippen molar-refractivity contribution >= 4 is 45.3 Å². The number of aryl methyl sites for hydroxylation is 2. The van der Waals surface area contributed by atoms with Crippen LogP contribution in [0.2, 0.25) is 0 Å². The fourth-order valence-corrected chi connectivity index (χ4v) is 5.18. The molecular weight excluding hydrogens is 368 g/mol. The minimum Gasteiger partial charge on any atom is -0.335 e. The molecule has 0 aliphatic heterocycles. The highest BCUT2D eigenvalue weighted by Crippen LogP contribution is 2.35. The third kappa shape index (κ3) is 4.35. The molecule has 0 saturated heterocycles. The third-order valence-corrected chi connectivity index (χ3v) is 6.98. The van der Waals surface area contributed by atoms with Crippen LogP contribution in [0.3, 0.4) is 0 Å². The number of hydrogen-bond acceptors (Lipinski definition) is 6. The lowest BCUT2D eigenvalue weighted by molar-refractivity contribution is -0.119. The van der Waals surface area contributed by atoms with Gasteiger partial charge in [0.1, 0.15) is 16.2 Å². The molecule has 2 heterocycles. The predicted octanol–water partition coefficient (Wildman–Crippen LogP) is 3.95. The van der Waals surface area contributed by atoms with E-state index >= 15 is 0 Å². The SMILES string of the molecule is Cc1sc2ncnc(S[C@@H](C)C(=O)NC(=O)NC3CCCCC3)c2c1C. The first kappa shape index (κ1) is 19.1. The highest BCUT2D eigenvalue weighted by Gasteiger charge is 2.22. The van der Waals surface area contributed by atoms with Gasteiger partial charge < -0.3 is 5.32 Å². The van der Waals surface area contributed by atoms with Crippen LogP contribution in [0.5, 0.6) is 0 Å². The molecule has 1 aliphatic carbocycles. The minimum absolute atomic E-state index is 0.178. The lowest BCUT2D eigenvalue weighted by Gasteiger charge is -2.23. The predicted molar refractivity (Wildman–Crippen MR) is 106 cm³/mol. The zero-order valence-electron chi connectivity index (χ0n) is 15.3. The number of rotatable bonds is 4. The summed E-state index contributed by atoms with van der Waals surface area (Å²) in [5, 5.41) is 6.74. The average molecular weight is 393 g/mol. The number of aromatic nitrogens is 2. The number of nitrogens with one attached hydrogen (secondary N) is 2. The van der Waals surface area contributed by atoms with Crippen LogP contribution in [0.25, 0.3) is 10.2 Å². The van der Waals surface area contributed by atoms with Crippen LogP contribution in [0, 0.1) is 13.8 Å². The monoisotopic (exact) mass is 392 g/mol. The van der Waals surface area contributed by atoms with E-state index in [9.17, 15) is 9.59 Å². The second-order valence-corrected chi connectivity index (χ2v) is 9.23. The molecule has 1 aliphatic rings. The van der Waals surface area contributed by atoms with Gasteiger partial charge in [0.25, 0.3) is 0 Å². The van der Waals surface area contributed by atoms with E-state index in [1.54, 1.807) is 18.3 Å². The van der Waals surface area contributed by atoms with E-state index < -0.39 is 11.3 Å². The van der Waals surface area contributed by atoms with E-state index in [1.807, 2.05) is 6.92 Å². The molecule has 140 valence electrons. The first-order valence-electron chi connectivity index (χ1n) is 8.94. The Bertz CT molecular complexity index is 815. The summed E-state index contributed by atoms with van der Waals surface area (Å²) in [7, 11) is 0. The molecule has 0 bridgehead atoms. The lowest BCUT2D eigenvalue weighted by Crippen LogP contribution is -2.47. The number of urea groups is 1. The molecule has 6 nitrogen and oxygen atoms in total. The molecule has 3 rings (SSSR count). The van der Waals surface area contributed by atoms with Gasteiger partial charge in [-0.3, -0.25) is 10.1 Å². The number of nitrogens with zero attached hydrogens (tertiary/aromatic N) is 2. The summed E-state index contributed by atoms with van der Waals surface area (Å²) in [5.41, 5.74) is 1.15. The second kappa shape index (κ2) is 8.35. The zero-order chi connectivity index (χ0) is 18.7. The van der Waals surface area contributed by atoms with Gasteiger partial charge in [0, 0.05) is 16.3 Å². The fraction of sp³-hybridized carbons (Fsp3) is 0.556. The van der Waals surface area contributed by atoms with Gasteiger partial charge in [0.05, 0.1) is 5.25 Å². The van der Waals surface area contributed by atoms with Crippen molar-refractivity contribution in [3.05, 3.63) is 16.8 Å². The van der Waals surface area contributed by atoms with E-state index in [0.717, 1.165) is 46.5 Å². The Balaban J connectivity index is 1.61. The van der Waals surface area contributed by atoms with Crippen LogP contribution in [0.4, 0.5) is 4.79 Å². The quantitative estimate of drug-likeness (QED) is 0.608. The number of imide groups is 1. The van der Waals surface area contributed by atoms with Crippen molar-refractivity contribution in [2.45, 2.75) is 69.2 Å². The number of thiophene rings is 1. The van der Waals surface area contributed by atoms with Crippen molar-refractivity contribution < 1.29 is 9.59 Å². The van der Waals surface area contributed by atoms with Gasteiger partial charge in [0.15, 0.2) is 0 Å². The highest BCUT2D eigenvalue weighted by atomic mass is 32.2. The number of carbonyl (C=O) groups is 2. The van der Waals surface area contributed by atoms with Gasteiger partial charge in [-0.1, -0.05) is 31.0 Å². The molecule has 26 heavy (non-hydrogen) atoms. The molecule has 1 fully saturated rings. The Hall–Kier alpha value is -1.67. The summed E-state index contributed by atoms with van der Waals surface area (Å²) < 4.78 is 0. The smallest absolute Gasteiger partial charge is 0.321 e. The maximum Gasteiger partial charge on any atom is 0.321 e. The number of fused-ring (bicyclic) bond motifs is 1. The number of carbonyl (C=O) groups excluding carboxylic acids is 2. The zero-order valence-corrected chi connectivity index (χ0v) is 16.9. The summed E-state index contributed by atoms with van der Waals surface area (Å²) in [6.07, 6.45) is 6.99. The second-order valence-electron chi connectivity index (χ2n) is 6.70. The maximum atomic E-state index is 12.4. The lowest BCUT2D eigenvalue weighted by atomic mass is 9.96. The minimum atomic E-state index is -0.426. The van der Waals surface area contributed by atoms with Crippen molar-refractivity contribution in [3.8, 4) is 0 Å². The van der Waals surface area contributed by atoms with E-state index in [1.165, 1.54) is 29.4 Å². The Kier molecular flexibility index (Phi) is 6.13. The van der Waals surface area contributed by atoms with Crippen LogP contribution in [-0.4, -0.2) is 33.2 Å². The highest BCUT2D eigenvalue weighted by molar-refractivity contribution is 8.00. The molecule has 1 saturated carbocycles. The molecule has 3 amide bonds. The Morgan fingerprint density at radius 2 is 1.96 bits per heavy atom. The van der Waals surface area contributed by atoms with E-state index in [-0.39, 0.29) is 11.9 Å². The fourth-order valence-electron chi connectivity index (χ4n) is 3.14. The maximum absolute atomic E-state index is 12.4. The summed E-state index contributed by atoms with van der Waals surface area (Å²) in [4.78, 5) is 35.3. The number of thioether (sulfide) groups is 1. The average Bonchev–Trinajstić information content (AvgIpc) is 2.91. The topological polar surface area (TPSA) is 84.0 Å². The molecule has 0 aromatic carbocycles. The summed E-state index contributed by atoms with van der Waals surface area (Å²) in [5.74, 6) is -0.306. The van der Waals surface area contributed by atoms with Crippen LogP contribution in [0.1, 0.15) is 49.5 Å². The van der Waals surface area contributed by atoms with Crippen molar-refractivity contribution in [2.24, 2.45) is 0 Å². The normalized spacial score (nSPS) is 16.4. The molecule has 0 spiro atoms. The first-order valence-corrected chi connectivity index (χ1v) is 10.6. The summed E-state index contributed by atoms with van der Waals surface area (Å²) >= 11 is 2.99. The number of amides is 3. The van der Waals surface area contributed by atoms with Crippen LogP contribution >= 0.6 is 23.1 Å². The van der Waals surface area contributed by atoms with Gasteiger partial charge >= 0.3 is 6.03 Å². The van der Waals surface area contributed by atoms with Crippen molar-refractivity contribution in [1.82, 2.24) is 20.6 Å². The molecule has 0 unspecified atom stereocenters. The van der Waals surface area contributed by atoms with E-state index in [2.05, 4.69) is 27.5 Å². The van der Waals surface area contributed by atoms with Crippen molar-refractivity contribution in [1.29, 1.82) is 0 Å². The molecular formula is C18H24N4O2S2. The van der Waals surface area contributed by atoms with Crippen LogP contribution in [0.15, 0.2) is 11.4 Å². The van der Waals surface area contributed by atoms with Crippen LogP contribution in [-0.2, 0) is 4.79 Å². The van der Waals surface area contributed by atoms with E-state index in [4.69, 9.17) is 0 Å². The Morgan fingerprint density at radius 1 is 1.23 bits per heavy atom. The molecule has 8 heteroatoms. The van der Waals surface area contributed by atoms with Gasteiger partial charge in [-0.15, -0.1) is 11.3 Å². The van der Waals surface area contributed by atoms with Gasteiger partial charge in [-0.2, -0.15) is 0 Å². The molecule has 2 aromatic rings. The standard InChI is InChI=1S/C18H24N4O2S2/c1-10-11(2)25-16-14(10)17(20-9-19-16)26-12(3)15(23)22-18(24)21-13-7-5-4-6-8-13/h9,12-13H,4-8H2,1-3H3,(H2,21,22,23,24)/t12-/m0/s1. The number of hydrogen-bond donors (Lipinski definition) is 2. The summed E-state index contributed by atoms with van der Waals surface area (Å²) in [6.45, 7) is 5.89. The van der Waals surface area contributed by atoms with E-state index in [0.29, 0.717) is 0 Å². The summed E-state index contributed by atoms with van der Waals surface area (Å²) in [6, 6.07) is -0.220. The Labute approximate surface area is 161 Å². The van der Waals surface area contributed by atoms with Crippen LogP contribution < -0.4 is 10.6 Å². The molecule has 2 N–H and O–H groups in total. The van der Waals surface area contributed by atoms with Crippen molar-refractivity contribution in [3.63, 3.8) is 0 Å². The molecule has 2 aromatic heterocycles. The van der Waals surface area contributed by atoms with Gasteiger partial charge in [-0.25, -0.2) is 14.8 Å². The molecule has 1 atom stereocenters. The molecule has 0 radical (unpaired) electrons. The Morgan fingerprint density at radius 3 is 2.69 bits per heavy atom. The third-order valence-electron chi connectivity index (χ3n) is 4.77. The van der Waals surface area contributed by atoms with Gasteiger partial charge in [-0.05, 0) is 39.2 Å². The largest absolute Gasteiger partial charge is 0.335 e. The first-order chi connectivity index (χ1) is 12.5. The van der Waals surface area contributed by atoms with Crippen molar-refractivity contribution in [2.75, 3.05) is 0 Å². The van der Waals surface area contributed by atoms with Gasteiger partial charge in [0.2, 0.25) is 5.91 Å².